The van der Waals surface area contributed by atoms with Crippen molar-refractivity contribution < 1.29 is 9.53 Å². The van der Waals surface area contributed by atoms with Gasteiger partial charge < -0.3 is 24.0 Å². The normalized spacial score (nSPS) is 17.4. The summed E-state index contributed by atoms with van der Waals surface area (Å²) in [6.45, 7) is 3.08. The van der Waals surface area contributed by atoms with Gasteiger partial charge in [-0.25, -0.2) is 9.97 Å². The fourth-order valence-electron chi connectivity index (χ4n) is 5.51. The lowest BCUT2D eigenvalue weighted by Gasteiger charge is -2.43. The third-order valence-electron chi connectivity index (χ3n) is 7.90. The van der Waals surface area contributed by atoms with Crippen molar-refractivity contribution in [3.05, 3.63) is 81.9 Å². The molecule has 1 aromatic carbocycles. The first kappa shape index (κ1) is 26.3. The zero-order valence-corrected chi connectivity index (χ0v) is 23.3. The van der Waals surface area contributed by atoms with Crippen LogP contribution in [-0.2, 0) is 0 Å². The molecule has 10 heteroatoms. The summed E-state index contributed by atoms with van der Waals surface area (Å²) < 4.78 is 7.87. The predicted octanol–water partition coefficient (Wildman–Crippen LogP) is 4.04. The highest BCUT2D eigenvalue weighted by Gasteiger charge is 2.30. The van der Waals surface area contributed by atoms with E-state index in [4.69, 9.17) is 16.3 Å². The van der Waals surface area contributed by atoms with Gasteiger partial charge >= 0.3 is 0 Å². The molecule has 1 atom stereocenters. The number of anilines is 2. The first-order chi connectivity index (χ1) is 19.4. The quantitative estimate of drug-likeness (QED) is 0.300. The minimum Gasteiger partial charge on any atom is -0.475 e. The maximum atomic E-state index is 13.2. The van der Waals surface area contributed by atoms with Crippen molar-refractivity contribution in [1.82, 2.24) is 19.4 Å². The Morgan fingerprint density at radius 1 is 1.12 bits per heavy atom. The van der Waals surface area contributed by atoms with Crippen molar-refractivity contribution >= 4 is 40.3 Å². The van der Waals surface area contributed by atoms with Crippen LogP contribution in [0.1, 0.15) is 23.2 Å². The Hall–Kier alpha value is -3.95. The molecule has 4 aromatic rings. The predicted molar refractivity (Wildman–Crippen MR) is 158 cm³/mol. The second-order valence-electron chi connectivity index (χ2n) is 10.6. The van der Waals surface area contributed by atoms with E-state index in [-0.39, 0.29) is 17.0 Å². The van der Waals surface area contributed by atoms with Crippen LogP contribution in [0.2, 0.25) is 5.02 Å². The van der Waals surface area contributed by atoms with Crippen LogP contribution < -0.4 is 20.0 Å². The van der Waals surface area contributed by atoms with Crippen molar-refractivity contribution in [3.63, 3.8) is 0 Å². The third-order valence-corrected chi connectivity index (χ3v) is 8.20. The highest BCUT2D eigenvalue weighted by Crippen LogP contribution is 2.36. The summed E-state index contributed by atoms with van der Waals surface area (Å²) >= 11 is 6.81. The van der Waals surface area contributed by atoms with Gasteiger partial charge in [0.25, 0.3) is 0 Å². The minimum absolute atomic E-state index is 0.0779. The van der Waals surface area contributed by atoms with Crippen LogP contribution in [0.3, 0.4) is 0 Å². The van der Waals surface area contributed by atoms with Crippen LogP contribution in [0, 0.1) is 0 Å². The Bertz CT molecular complexity index is 1600. The molecule has 0 radical (unpaired) electrons. The smallest absolute Gasteiger partial charge is 0.213 e. The molecule has 0 saturated carbocycles. The zero-order chi connectivity index (χ0) is 27.8. The molecule has 2 aliphatic heterocycles. The SMILES string of the molecule is CN(C)C1CN(c2cc(-n3cc(C=O)c(=O)c4cc(Cl)c(N5CCCC5COc5ccccn5)cc43)ccn2)C1. The van der Waals surface area contributed by atoms with E-state index in [0.29, 0.717) is 40.7 Å². The molecule has 2 saturated heterocycles. The lowest BCUT2D eigenvalue weighted by Crippen LogP contribution is -2.57. The van der Waals surface area contributed by atoms with E-state index in [0.717, 1.165) is 49.7 Å². The van der Waals surface area contributed by atoms with Crippen LogP contribution in [0.15, 0.2) is 65.8 Å². The first-order valence-electron chi connectivity index (χ1n) is 13.5. The number of hydrogen-bond donors (Lipinski definition) is 0. The number of pyridine rings is 3. The van der Waals surface area contributed by atoms with E-state index in [1.165, 1.54) is 0 Å². The molecule has 2 fully saturated rings. The molecule has 5 heterocycles. The largest absolute Gasteiger partial charge is 0.475 e. The average Bonchev–Trinajstić information content (AvgIpc) is 3.40. The van der Waals surface area contributed by atoms with E-state index >= 15 is 0 Å². The average molecular weight is 559 g/mol. The summed E-state index contributed by atoms with van der Waals surface area (Å²) in [6, 6.07) is 13.7. The molecule has 9 nitrogen and oxygen atoms in total. The molecule has 2 aliphatic rings. The summed E-state index contributed by atoms with van der Waals surface area (Å²) in [5.74, 6) is 1.44. The van der Waals surface area contributed by atoms with Crippen molar-refractivity contribution in [2.45, 2.75) is 24.9 Å². The number of aldehydes is 1. The third kappa shape index (κ3) is 4.91. The van der Waals surface area contributed by atoms with E-state index in [2.05, 4.69) is 38.8 Å². The Balaban J connectivity index is 1.38. The Morgan fingerprint density at radius 2 is 1.98 bits per heavy atom. The van der Waals surface area contributed by atoms with E-state index in [9.17, 15) is 9.59 Å². The molecule has 0 amide bonds. The van der Waals surface area contributed by atoms with Gasteiger partial charge in [0.1, 0.15) is 12.4 Å². The van der Waals surface area contributed by atoms with Crippen LogP contribution >= 0.6 is 11.6 Å². The highest BCUT2D eigenvalue weighted by atomic mass is 35.5. The van der Waals surface area contributed by atoms with E-state index in [1.54, 1.807) is 24.7 Å². The monoisotopic (exact) mass is 558 g/mol. The molecule has 0 spiro atoms. The Kier molecular flexibility index (Phi) is 7.16. The van der Waals surface area contributed by atoms with E-state index < -0.39 is 0 Å². The fourth-order valence-corrected chi connectivity index (χ4v) is 5.78. The minimum atomic E-state index is -0.336. The maximum absolute atomic E-state index is 13.2. The number of likely N-dealkylation sites (N-methyl/N-ethyl adjacent to an activating group) is 1. The van der Waals surface area contributed by atoms with Gasteiger partial charge in [-0.15, -0.1) is 0 Å². The van der Waals surface area contributed by atoms with Crippen LogP contribution in [0.4, 0.5) is 11.5 Å². The van der Waals surface area contributed by atoms with Gasteiger partial charge in [0.15, 0.2) is 11.7 Å². The molecule has 0 bridgehead atoms. The number of halogens is 1. The van der Waals surface area contributed by atoms with Gasteiger partial charge in [-0.3, -0.25) is 9.59 Å². The number of fused-ring (bicyclic) bond motifs is 1. The standard InChI is InChI=1S/C30H31ClN6O3/c1-34(2)23-16-35(17-23)28-12-21(8-10-32-28)37-15-20(18-38)30(39)24-13-25(31)27(14-26(24)37)36-11-5-6-22(36)19-40-29-7-3-4-9-33-29/h3-4,7-10,12-15,18,22-23H,5-6,11,16-17,19H2,1-2H3. The van der Waals surface area contributed by atoms with Gasteiger partial charge in [-0.2, -0.15) is 0 Å². The lowest BCUT2D eigenvalue weighted by molar-refractivity contribution is 0.112. The molecule has 1 unspecified atom stereocenters. The second-order valence-corrected chi connectivity index (χ2v) is 11.0. The number of carbonyl (C=O) groups excluding carboxylic acids is 1. The summed E-state index contributed by atoms with van der Waals surface area (Å²) in [5, 5.41) is 0.864. The molecular weight excluding hydrogens is 528 g/mol. The lowest BCUT2D eigenvalue weighted by atomic mass is 10.1. The van der Waals surface area contributed by atoms with Gasteiger partial charge in [0.05, 0.1) is 33.5 Å². The molecule has 6 rings (SSSR count). The first-order valence-corrected chi connectivity index (χ1v) is 13.8. The molecule has 0 N–H and O–H groups in total. The number of benzene rings is 1. The summed E-state index contributed by atoms with van der Waals surface area (Å²) in [6.07, 6.45) is 7.64. The maximum Gasteiger partial charge on any atom is 0.213 e. The highest BCUT2D eigenvalue weighted by molar-refractivity contribution is 6.34. The molecule has 3 aromatic heterocycles. The number of carbonyl (C=O) groups is 1. The summed E-state index contributed by atoms with van der Waals surface area (Å²) in [7, 11) is 4.16. The van der Waals surface area contributed by atoms with Crippen molar-refractivity contribution in [3.8, 4) is 11.6 Å². The number of nitrogens with zero attached hydrogens (tertiary/aromatic N) is 6. The van der Waals surface area contributed by atoms with Crippen molar-refractivity contribution in [1.29, 1.82) is 0 Å². The number of aromatic nitrogens is 3. The molecule has 40 heavy (non-hydrogen) atoms. The van der Waals surface area contributed by atoms with Gasteiger partial charge in [-0.05, 0) is 51.2 Å². The van der Waals surface area contributed by atoms with Crippen molar-refractivity contribution in [2.75, 3.05) is 50.1 Å². The van der Waals surface area contributed by atoms with E-state index in [1.807, 2.05) is 41.0 Å². The number of ether oxygens (including phenoxy) is 1. The zero-order valence-electron chi connectivity index (χ0n) is 22.5. The summed E-state index contributed by atoms with van der Waals surface area (Å²) in [4.78, 5) is 40.6. The van der Waals surface area contributed by atoms with Crippen molar-refractivity contribution in [2.24, 2.45) is 0 Å². The molecule has 206 valence electrons. The van der Waals surface area contributed by atoms with Gasteiger partial charge in [0, 0.05) is 61.8 Å². The second kappa shape index (κ2) is 10.9. The fraction of sp³-hybridized carbons (Fsp3) is 0.333. The molecule has 0 aliphatic carbocycles. The number of rotatable bonds is 8. The van der Waals surface area contributed by atoms with Crippen LogP contribution in [0.25, 0.3) is 16.6 Å². The van der Waals surface area contributed by atoms with Gasteiger partial charge in [-0.1, -0.05) is 17.7 Å². The van der Waals surface area contributed by atoms with Crippen LogP contribution in [-0.4, -0.2) is 78.1 Å². The molecular formula is C30H31ClN6O3. The van der Waals surface area contributed by atoms with Gasteiger partial charge in [0.2, 0.25) is 5.88 Å². The Labute approximate surface area is 237 Å². The number of hydrogen-bond acceptors (Lipinski definition) is 8. The van der Waals surface area contributed by atoms with Crippen LogP contribution in [0.5, 0.6) is 5.88 Å². The summed E-state index contributed by atoms with van der Waals surface area (Å²) in [5.41, 5.74) is 2.07. The topological polar surface area (TPSA) is 83.8 Å². The Morgan fingerprint density at radius 3 is 2.73 bits per heavy atom.